The summed E-state index contributed by atoms with van der Waals surface area (Å²) in [4.78, 5) is 10.5. The summed E-state index contributed by atoms with van der Waals surface area (Å²) in [5, 5.41) is 10.8. The lowest BCUT2D eigenvalue weighted by atomic mass is 10.0. The molecule has 0 saturated heterocycles. The van der Waals surface area contributed by atoms with Crippen molar-refractivity contribution in [2.75, 3.05) is 0 Å². The molecule has 0 bridgehead atoms. The zero-order chi connectivity index (χ0) is 10.7. The van der Waals surface area contributed by atoms with Gasteiger partial charge in [0.15, 0.2) is 0 Å². The minimum absolute atomic E-state index is 0.282. The van der Waals surface area contributed by atoms with Crippen LogP contribution < -0.4 is 0 Å². The molecule has 1 aromatic carbocycles. The van der Waals surface area contributed by atoms with E-state index in [-0.39, 0.29) is 10.6 Å². The van der Waals surface area contributed by atoms with Gasteiger partial charge in [0.25, 0.3) is 5.69 Å². The second kappa shape index (κ2) is 4.22. The molecule has 0 fully saturated rings. The molecule has 3 heteroatoms. The molecule has 0 atom stereocenters. The average Bonchev–Trinajstić information content (AvgIpc) is 2.15. The molecule has 0 N–H and O–H groups in total. The molecule has 0 aromatic heterocycles. The van der Waals surface area contributed by atoms with Gasteiger partial charge < -0.3 is 0 Å². The summed E-state index contributed by atoms with van der Waals surface area (Å²) in [7, 11) is 0. The Labute approximate surface area is 83.9 Å². The third-order valence-corrected chi connectivity index (χ3v) is 2.41. The number of hydrogen-bond acceptors (Lipinski definition) is 2. The van der Waals surface area contributed by atoms with Crippen molar-refractivity contribution in [1.82, 2.24) is 0 Å². The van der Waals surface area contributed by atoms with Gasteiger partial charge in [-0.2, -0.15) is 0 Å². The molecular formula is C11H15NO2. The number of aryl methyl sites for hydroxylation is 3. The first-order valence-electron chi connectivity index (χ1n) is 4.86. The van der Waals surface area contributed by atoms with Gasteiger partial charge in [-0.1, -0.05) is 13.8 Å². The van der Waals surface area contributed by atoms with Crippen molar-refractivity contribution in [1.29, 1.82) is 0 Å². The van der Waals surface area contributed by atoms with Gasteiger partial charge in [0, 0.05) is 11.1 Å². The van der Waals surface area contributed by atoms with Gasteiger partial charge >= 0.3 is 0 Å². The molecule has 3 nitrogen and oxygen atoms in total. The van der Waals surface area contributed by atoms with Crippen LogP contribution in [-0.2, 0) is 12.8 Å². The molecular weight excluding hydrogens is 178 g/mol. The molecule has 0 spiro atoms. The third-order valence-electron chi connectivity index (χ3n) is 2.41. The van der Waals surface area contributed by atoms with Crippen LogP contribution in [0.1, 0.15) is 30.5 Å². The first-order valence-corrected chi connectivity index (χ1v) is 4.86. The predicted octanol–water partition coefficient (Wildman–Crippen LogP) is 3.03. The molecule has 76 valence electrons. The lowest BCUT2D eigenvalue weighted by Crippen LogP contribution is -1.99. The molecule has 0 radical (unpaired) electrons. The van der Waals surface area contributed by atoms with E-state index in [0.29, 0.717) is 6.42 Å². The Morgan fingerprint density at radius 1 is 1.29 bits per heavy atom. The SMILES string of the molecule is CCc1cc(C)c([N+](=O)[O-])c(CC)c1. The van der Waals surface area contributed by atoms with E-state index in [1.165, 1.54) is 5.56 Å². The Kier molecular flexibility index (Phi) is 3.23. The van der Waals surface area contributed by atoms with E-state index in [1.54, 1.807) is 6.92 Å². The molecule has 0 aliphatic rings. The highest BCUT2D eigenvalue weighted by molar-refractivity contribution is 5.49. The quantitative estimate of drug-likeness (QED) is 0.547. The van der Waals surface area contributed by atoms with Crippen molar-refractivity contribution in [2.24, 2.45) is 0 Å². The van der Waals surface area contributed by atoms with Crippen LogP contribution in [0, 0.1) is 17.0 Å². The number of hydrogen-bond donors (Lipinski definition) is 0. The number of nitro benzene ring substituents is 1. The molecule has 0 amide bonds. The smallest absolute Gasteiger partial charge is 0.258 e. The van der Waals surface area contributed by atoms with Gasteiger partial charge in [0.05, 0.1) is 4.92 Å². The van der Waals surface area contributed by atoms with Crippen LogP contribution in [0.15, 0.2) is 12.1 Å². The number of rotatable bonds is 3. The van der Waals surface area contributed by atoms with Crippen molar-refractivity contribution >= 4 is 5.69 Å². The normalized spacial score (nSPS) is 10.2. The summed E-state index contributed by atoms with van der Waals surface area (Å²) >= 11 is 0. The highest BCUT2D eigenvalue weighted by Crippen LogP contribution is 2.25. The van der Waals surface area contributed by atoms with Crippen LogP contribution in [0.5, 0.6) is 0 Å². The van der Waals surface area contributed by atoms with E-state index in [4.69, 9.17) is 0 Å². The maximum Gasteiger partial charge on any atom is 0.275 e. The minimum atomic E-state index is -0.284. The van der Waals surface area contributed by atoms with E-state index in [1.807, 2.05) is 19.1 Å². The Hall–Kier alpha value is -1.38. The monoisotopic (exact) mass is 193 g/mol. The molecule has 0 aliphatic carbocycles. The van der Waals surface area contributed by atoms with Crippen molar-refractivity contribution in [2.45, 2.75) is 33.6 Å². The molecule has 1 aromatic rings. The van der Waals surface area contributed by atoms with Crippen molar-refractivity contribution in [3.63, 3.8) is 0 Å². The Balaban J connectivity index is 3.34. The first kappa shape index (κ1) is 10.7. The number of nitrogens with zero attached hydrogens (tertiary/aromatic N) is 1. The second-order valence-electron chi connectivity index (χ2n) is 3.38. The molecule has 1 rings (SSSR count). The summed E-state index contributed by atoms with van der Waals surface area (Å²) in [6, 6.07) is 3.84. The second-order valence-corrected chi connectivity index (χ2v) is 3.38. The Morgan fingerprint density at radius 3 is 2.36 bits per heavy atom. The Morgan fingerprint density at radius 2 is 1.93 bits per heavy atom. The molecule has 0 aliphatic heterocycles. The van der Waals surface area contributed by atoms with E-state index < -0.39 is 0 Å². The third kappa shape index (κ3) is 1.92. The largest absolute Gasteiger partial charge is 0.275 e. The zero-order valence-electron chi connectivity index (χ0n) is 8.83. The minimum Gasteiger partial charge on any atom is -0.258 e. The van der Waals surface area contributed by atoms with Crippen molar-refractivity contribution in [3.8, 4) is 0 Å². The molecule has 14 heavy (non-hydrogen) atoms. The predicted molar refractivity (Wildman–Crippen MR) is 56.6 cm³/mol. The van der Waals surface area contributed by atoms with Crippen molar-refractivity contribution < 1.29 is 4.92 Å². The van der Waals surface area contributed by atoms with Gasteiger partial charge in [0.1, 0.15) is 0 Å². The van der Waals surface area contributed by atoms with Crippen LogP contribution >= 0.6 is 0 Å². The summed E-state index contributed by atoms with van der Waals surface area (Å²) < 4.78 is 0. The maximum atomic E-state index is 10.8. The fourth-order valence-electron chi connectivity index (χ4n) is 1.67. The highest BCUT2D eigenvalue weighted by Gasteiger charge is 2.16. The van der Waals surface area contributed by atoms with Gasteiger partial charge in [-0.05, 0) is 37.5 Å². The van der Waals surface area contributed by atoms with Crippen LogP contribution in [0.4, 0.5) is 5.69 Å². The van der Waals surface area contributed by atoms with Gasteiger partial charge in [-0.3, -0.25) is 10.1 Å². The fourth-order valence-corrected chi connectivity index (χ4v) is 1.67. The zero-order valence-corrected chi connectivity index (χ0v) is 8.83. The van der Waals surface area contributed by atoms with Gasteiger partial charge in [-0.25, -0.2) is 0 Å². The van der Waals surface area contributed by atoms with Crippen LogP contribution in [0.3, 0.4) is 0 Å². The van der Waals surface area contributed by atoms with Crippen LogP contribution in [-0.4, -0.2) is 4.92 Å². The lowest BCUT2D eigenvalue weighted by Gasteiger charge is -2.06. The molecule has 0 saturated carbocycles. The summed E-state index contributed by atoms with van der Waals surface area (Å²) in [5.74, 6) is 0. The number of nitro groups is 1. The highest BCUT2D eigenvalue weighted by atomic mass is 16.6. The van der Waals surface area contributed by atoms with Crippen LogP contribution in [0.25, 0.3) is 0 Å². The molecule has 0 heterocycles. The van der Waals surface area contributed by atoms with Gasteiger partial charge in [0.2, 0.25) is 0 Å². The van der Waals surface area contributed by atoms with E-state index in [0.717, 1.165) is 17.5 Å². The molecule has 0 unspecified atom stereocenters. The van der Waals surface area contributed by atoms with Gasteiger partial charge in [-0.15, -0.1) is 0 Å². The van der Waals surface area contributed by atoms with E-state index >= 15 is 0 Å². The Bertz CT molecular complexity index is 359. The summed E-state index contributed by atoms with van der Waals surface area (Å²) in [6.07, 6.45) is 1.64. The number of benzene rings is 1. The van der Waals surface area contributed by atoms with E-state index in [2.05, 4.69) is 6.92 Å². The summed E-state index contributed by atoms with van der Waals surface area (Å²) in [5.41, 5.74) is 3.06. The lowest BCUT2D eigenvalue weighted by molar-refractivity contribution is -0.386. The topological polar surface area (TPSA) is 43.1 Å². The summed E-state index contributed by atoms with van der Waals surface area (Å²) in [6.45, 7) is 5.80. The fraction of sp³-hybridized carbons (Fsp3) is 0.455. The maximum absolute atomic E-state index is 10.8. The first-order chi connectivity index (χ1) is 6.60. The van der Waals surface area contributed by atoms with E-state index in [9.17, 15) is 10.1 Å². The van der Waals surface area contributed by atoms with Crippen molar-refractivity contribution in [3.05, 3.63) is 38.9 Å². The average molecular weight is 193 g/mol. The standard InChI is InChI=1S/C11H15NO2/c1-4-9-6-8(3)11(12(13)14)10(5-2)7-9/h6-7H,4-5H2,1-3H3. The van der Waals surface area contributed by atoms with Crippen LogP contribution in [0.2, 0.25) is 0 Å².